The van der Waals surface area contributed by atoms with Crippen LogP contribution in [0.1, 0.15) is 28.4 Å². The highest BCUT2D eigenvalue weighted by atomic mass is 32.2. The second-order valence-corrected chi connectivity index (χ2v) is 9.11. The Balaban J connectivity index is 1.85. The normalized spacial score (nSPS) is 11.2. The summed E-state index contributed by atoms with van der Waals surface area (Å²) in [6.45, 7) is 4.89. The zero-order valence-corrected chi connectivity index (χ0v) is 18.3. The van der Waals surface area contributed by atoms with Crippen molar-refractivity contribution < 1.29 is 13.2 Å². The van der Waals surface area contributed by atoms with Gasteiger partial charge in [-0.25, -0.2) is 8.42 Å². The summed E-state index contributed by atoms with van der Waals surface area (Å²) in [7, 11) is -2.22. The highest BCUT2D eigenvalue weighted by Crippen LogP contribution is 2.24. The third kappa shape index (κ3) is 4.71. The van der Waals surface area contributed by atoms with Crippen LogP contribution in [-0.4, -0.2) is 32.8 Å². The molecule has 5 nitrogen and oxygen atoms in total. The van der Waals surface area contributed by atoms with Crippen molar-refractivity contribution in [1.82, 2.24) is 4.90 Å². The Bertz CT molecular complexity index is 1110. The molecule has 0 saturated carbocycles. The molecule has 30 heavy (non-hydrogen) atoms. The lowest BCUT2D eigenvalue weighted by Crippen LogP contribution is -2.31. The van der Waals surface area contributed by atoms with E-state index in [2.05, 4.69) is 0 Å². The zero-order chi connectivity index (χ0) is 21.7. The maximum absolute atomic E-state index is 13.1. The minimum Gasteiger partial charge on any atom is -0.335 e. The topological polar surface area (TPSA) is 57.7 Å². The van der Waals surface area contributed by atoms with E-state index in [-0.39, 0.29) is 10.8 Å². The van der Waals surface area contributed by atoms with E-state index in [9.17, 15) is 13.2 Å². The number of benzene rings is 3. The van der Waals surface area contributed by atoms with Gasteiger partial charge in [0, 0.05) is 25.7 Å². The van der Waals surface area contributed by atoms with Crippen molar-refractivity contribution in [3.05, 3.63) is 95.6 Å². The van der Waals surface area contributed by atoms with Crippen LogP contribution in [0.2, 0.25) is 0 Å². The maximum Gasteiger partial charge on any atom is 0.264 e. The highest BCUT2D eigenvalue weighted by Gasteiger charge is 2.22. The average Bonchev–Trinajstić information content (AvgIpc) is 2.77. The lowest BCUT2D eigenvalue weighted by Gasteiger charge is -2.23. The molecule has 1 amide bonds. The fourth-order valence-corrected chi connectivity index (χ4v) is 4.34. The Kier molecular flexibility index (Phi) is 6.57. The Labute approximate surface area is 178 Å². The van der Waals surface area contributed by atoms with Crippen LogP contribution < -0.4 is 4.31 Å². The smallest absolute Gasteiger partial charge is 0.264 e. The summed E-state index contributed by atoms with van der Waals surface area (Å²) in [6.07, 6.45) is 0. The molecule has 0 atom stereocenters. The largest absolute Gasteiger partial charge is 0.335 e. The fourth-order valence-electron chi connectivity index (χ4n) is 3.16. The molecule has 0 aliphatic carbocycles. The summed E-state index contributed by atoms with van der Waals surface area (Å²) in [5.41, 5.74) is 2.93. The molecule has 0 unspecified atom stereocenters. The van der Waals surface area contributed by atoms with E-state index in [4.69, 9.17) is 0 Å². The van der Waals surface area contributed by atoms with Gasteiger partial charge < -0.3 is 4.90 Å². The van der Waals surface area contributed by atoms with Crippen LogP contribution in [0.3, 0.4) is 0 Å². The van der Waals surface area contributed by atoms with Gasteiger partial charge in [0.1, 0.15) is 0 Å². The lowest BCUT2D eigenvalue weighted by molar-refractivity contribution is 0.0752. The van der Waals surface area contributed by atoms with Gasteiger partial charge in [0.2, 0.25) is 0 Å². The first-order valence-electron chi connectivity index (χ1n) is 9.82. The molecule has 0 saturated heterocycles. The summed E-state index contributed by atoms with van der Waals surface area (Å²) in [6, 6.07) is 23.2. The summed E-state index contributed by atoms with van der Waals surface area (Å²) in [5, 5.41) is 0. The molecule has 6 heteroatoms. The Hall–Kier alpha value is -3.12. The van der Waals surface area contributed by atoms with Gasteiger partial charge in [0.15, 0.2) is 0 Å². The number of sulfonamides is 1. The van der Waals surface area contributed by atoms with Crippen LogP contribution in [-0.2, 0) is 16.6 Å². The number of hydrogen-bond acceptors (Lipinski definition) is 3. The number of carbonyl (C=O) groups excluding carboxylic acids is 1. The monoisotopic (exact) mass is 422 g/mol. The Morgan fingerprint density at radius 1 is 0.900 bits per heavy atom. The molecule has 0 N–H and O–H groups in total. The number of carbonyl (C=O) groups is 1. The van der Waals surface area contributed by atoms with Gasteiger partial charge in [-0.1, -0.05) is 54.1 Å². The van der Waals surface area contributed by atoms with Crippen LogP contribution in [0.5, 0.6) is 0 Å². The molecule has 0 bridgehead atoms. The van der Waals surface area contributed by atoms with E-state index < -0.39 is 10.0 Å². The number of hydrogen-bond donors (Lipinski definition) is 0. The van der Waals surface area contributed by atoms with Gasteiger partial charge in [-0.05, 0) is 49.7 Å². The molecule has 156 valence electrons. The molecule has 0 heterocycles. The quantitative estimate of drug-likeness (QED) is 0.564. The van der Waals surface area contributed by atoms with E-state index in [1.807, 2.05) is 44.2 Å². The van der Waals surface area contributed by atoms with Gasteiger partial charge >= 0.3 is 0 Å². The van der Waals surface area contributed by atoms with E-state index >= 15 is 0 Å². The van der Waals surface area contributed by atoms with Crippen molar-refractivity contribution in [1.29, 1.82) is 0 Å². The number of amides is 1. The van der Waals surface area contributed by atoms with Crippen LogP contribution in [0.25, 0.3) is 0 Å². The number of rotatable bonds is 7. The van der Waals surface area contributed by atoms with Crippen LogP contribution in [0.15, 0.2) is 83.8 Å². The van der Waals surface area contributed by atoms with Crippen LogP contribution in [0, 0.1) is 6.92 Å². The second-order valence-electron chi connectivity index (χ2n) is 7.14. The van der Waals surface area contributed by atoms with E-state index in [1.165, 1.54) is 11.4 Å². The van der Waals surface area contributed by atoms with Crippen LogP contribution in [0.4, 0.5) is 5.69 Å². The van der Waals surface area contributed by atoms with Gasteiger partial charge in [-0.15, -0.1) is 0 Å². The summed E-state index contributed by atoms with van der Waals surface area (Å²) < 4.78 is 27.2. The minimum absolute atomic E-state index is 0.135. The molecule has 3 aromatic carbocycles. The van der Waals surface area contributed by atoms with Crippen molar-refractivity contribution >= 4 is 21.6 Å². The molecule has 3 rings (SSSR count). The molecule has 0 aromatic heterocycles. The molecule has 0 spiro atoms. The van der Waals surface area contributed by atoms with E-state index in [1.54, 1.807) is 53.4 Å². The Morgan fingerprint density at radius 3 is 2.20 bits per heavy atom. The Morgan fingerprint density at radius 2 is 1.57 bits per heavy atom. The molecule has 0 fully saturated rings. The third-order valence-corrected chi connectivity index (χ3v) is 6.82. The van der Waals surface area contributed by atoms with Crippen molar-refractivity contribution in [3.63, 3.8) is 0 Å². The molecule has 0 aliphatic rings. The maximum atomic E-state index is 13.1. The van der Waals surface area contributed by atoms with Gasteiger partial charge in [-0.3, -0.25) is 9.10 Å². The molecule has 0 radical (unpaired) electrons. The minimum atomic E-state index is -3.72. The van der Waals surface area contributed by atoms with Gasteiger partial charge in [0.05, 0.1) is 10.6 Å². The third-order valence-electron chi connectivity index (χ3n) is 5.02. The number of anilines is 1. The average molecular weight is 423 g/mol. The molecule has 3 aromatic rings. The zero-order valence-electron chi connectivity index (χ0n) is 17.4. The molecular weight excluding hydrogens is 396 g/mol. The van der Waals surface area contributed by atoms with Crippen molar-refractivity contribution in [2.24, 2.45) is 0 Å². The fraction of sp³-hybridized carbons (Fsp3) is 0.208. The van der Waals surface area contributed by atoms with Crippen molar-refractivity contribution in [2.45, 2.75) is 25.3 Å². The predicted molar refractivity (Wildman–Crippen MR) is 120 cm³/mol. The van der Waals surface area contributed by atoms with E-state index in [0.29, 0.717) is 24.3 Å². The number of nitrogens with zero attached hydrogens (tertiary/aromatic N) is 2. The number of aryl methyl sites for hydroxylation is 1. The summed E-state index contributed by atoms with van der Waals surface area (Å²) >= 11 is 0. The highest BCUT2D eigenvalue weighted by molar-refractivity contribution is 7.92. The summed E-state index contributed by atoms with van der Waals surface area (Å²) in [5.74, 6) is -0.135. The second kappa shape index (κ2) is 9.13. The van der Waals surface area contributed by atoms with Crippen LogP contribution >= 0.6 is 0 Å². The first-order valence-corrected chi connectivity index (χ1v) is 11.3. The first-order chi connectivity index (χ1) is 14.3. The summed E-state index contributed by atoms with van der Waals surface area (Å²) in [4.78, 5) is 15.0. The standard InChI is InChI=1S/C24H26N2O3S/c1-4-26(18-20-9-6-5-7-10-20)24(27)21-11-8-12-22(17-21)25(3)30(28,29)23-15-13-19(2)14-16-23/h5-17H,4,18H2,1-3H3. The van der Waals surface area contributed by atoms with Crippen molar-refractivity contribution in [2.75, 3.05) is 17.9 Å². The van der Waals surface area contributed by atoms with Gasteiger partial charge in [0.25, 0.3) is 15.9 Å². The molecule has 0 aliphatic heterocycles. The molecular formula is C24H26N2O3S. The van der Waals surface area contributed by atoms with Gasteiger partial charge in [-0.2, -0.15) is 0 Å². The SMILES string of the molecule is CCN(Cc1ccccc1)C(=O)c1cccc(N(C)S(=O)(=O)c2ccc(C)cc2)c1. The van der Waals surface area contributed by atoms with E-state index in [0.717, 1.165) is 11.1 Å². The predicted octanol–water partition coefficient (Wildman–Crippen LogP) is 4.48. The van der Waals surface area contributed by atoms with Crippen molar-refractivity contribution in [3.8, 4) is 0 Å². The lowest BCUT2D eigenvalue weighted by atomic mass is 10.1. The first kappa shape index (κ1) is 21.6.